The molecule has 1 nitrogen and oxygen atoms in total. The first-order chi connectivity index (χ1) is 9.56. The second kappa shape index (κ2) is 10.4. The maximum atomic E-state index is 11.6. The quantitative estimate of drug-likeness (QED) is 0.625. The topological polar surface area (TPSA) is 17.1 Å². The van der Waals surface area contributed by atoms with Gasteiger partial charge in [0.1, 0.15) is 0 Å². The van der Waals surface area contributed by atoms with E-state index < -0.39 is 0 Å². The number of rotatable bonds is 6. The number of hydrogen-bond acceptors (Lipinski definition) is 1. The van der Waals surface area contributed by atoms with Gasteiger partial charge >= 0.3 is 0 Å². The molecule has 0 aliphatic heterocycles. The summed E-state index contributed by atoms with van der Waals surface area (Å²) in [6.45, 7) is 12.4. The van der Waals surface area contributed by atoms with Gasteiger partial charge in [-0.15, -0.1) is 0 Å². The molecule has 1 heteroatoms. The number of carbonyl (C=O) groups excluding carboxylic acids is 1. The fraction of sp³-hybridized carbons (Fsp3) is 0.526. The molecule has 112 valence electrons. The van der Waals surface area contributed by atoms with Crippen LogP contribution in [0.5, 0.6) is 0 Å². The number of carbonyl (C=O) groups is 1. The van der Waals surface area contributed by atoms with Crippen LogP contribution in [0.4, 0.5) is 0 Å². The van der Waals surface area contributed by atoms with E-state index in [0.717, 1.165) is 12.8 Å². The molecule has 0 aliphatic rings. The van der Waals surface area contributed by atoms with Crippen LogP contribution < -0.4 is 0 Å². The zero-order chi connectivity index (χ0) is 15.5. The van der Waals surface area contributed by atoms with Crippen molar-refractivity contribution in [3.05, 3.63) is 47.0 Å². The zero-order valence-corrected chi connectivity index (χ0v) is 14.0. The second-order valence-electron chi connectivity index (χ2n) is 5.01. The van der Waals surface area contributed by atoms with Crippen molar-refractivity contribution in [3.63, 3.8) is 0 Å². The highest BCUT2D eigenvalue weighted by molar-refractivity contribution is 5.90. The van der Waals surface area contributed by atoms with E-state index in [-0.39, 0.29) is 5.78 Å². The average molecular weight is 274 g/mol. The molecule has 0 aromatic heterocycles. The number of benzene rings is 1. The van der Waals surface area contributed by atoms with Gasteiger partial charge in [-0.05, 0) is 37.3 Å². The molecular weight excluding hydrogens is 244 g/mol. The van der Waals surface area contributed by atoms with Gasteiger partial charge in [-0.2, -0.15) is 0 Å². The molecular formula is C19H30O. The SMILES string of the molecule is CC.CCC(=O)/C=C(/Cc1cccc(C)c1)C(C)CC. The van der Waals surface area contributed by atoms with Crippen molar-refractivity contribution in [3.8, 4) is 0 Å². The van der Waals surface area contributed by atoms with Crippen LogP contribution in [0, 0.1) is 12.8 Å². The van der Waals surface area contributed by atoms with Crippen LogP contribution in [0.3, 0.4) is 0 Å². The Morgan fingerprint density at radius 2 is 1.90 bits per heavy atom. The van der Waals surface area contributed by atoms with Crippen LogP contribution in [0.2, 0.25) is 0 Å². The lowest BCUT2D eigenvalue weighted by Crippen LogP contribution is -2.05. The van der Waals surface area contributed by atoms with Crippen molar-refractivity contribution < 1.29 is 4.79 Å². The normalized spacial score (nSPS) is 12.4. The third-order valence-corrected chi connectivity index (χ3v) is 3.43. The highest BCUT2D eigenvalue weighted by Gasteiger charge is 2.09. The van der Waals surface area contributed by atoms with E-state index in [1.54, 1.807) is 0 Å². The van der Waals surface area contributed by atoms with Gasteiger partial charge in [-0.25, -0.2) is 0 Å². The van der Waals surface area contributed by atoms with Crippen molar-refractivity contribution in [2.45, 2.75) is 60.8 Å². The molecule has 20 heavy (non-hydrogen) atoms. The Hall–Kier alpha value is -1.37. The molecule has 1 rings (SSSR count). The molecule has 0 bridgehead atoms. The lowest BCUT2D eigenvalue weighted by molar-refractivity contribution is -0.114. The third-order valence-electron chi connectivity index (χ3n) is 3.43. The molecule has 1 atom stereocenters. The first kappa shape index (κ1) is 18.6. The molecule has 0 heterocycles. The summed E-state index contributed by atoms with van der Waals surface area (Å²) in [5, 5.41) is 0. The molecule has 0 spiro atoms. The van der Waals surface area contributed by atoms with Gasteiger partial charge < -0.3 is 0 Å². The average Bonchev–Trinajstić information content (AvgIpc) is 2.47. The second-order valence-corrected chi connectivity index (χ2v) is 5.01. The van der Waals surface area contributed by atoms with Crippen LogP contribution in [0.15, 0.2) is 35.9 Å². The van der Waals surface area contributed by atoms with E-state index in [1.165, 1.54) is 16.7 Å². The van der Waals surface area contributed by atoms with E-state index >= 15 is 0 Å². The van der Waals surface area contributed by atoms with Crippen molar-refractivity contribution in [1.82, 2.24) is 0 Å². The van der Waals surface area contributed by atoms with Gasteiger partial charge in [0.05, 0.1) is 0 Å². The lowest BCUT2D eigenvalue weighted by Gasteiger charge is -2.14. The Kier molecular flexibility index (Phi) is 9.71. The number of allylic oxidation sites excluding steroid dienone is 2. The van der Waals surface area contributed by atoms with Gasteiger partial charge in [0.2, 0.25) is 0 Å². The van der Waals surface area contributed by atoms with E-state index in [2.05, 4.69) is 45.0 Å². The fourth-order valence-corrected chi connectivity index (χ4v) is 2.00. The Morgan fingerprint density at radius 3 is 2.40 bits per heavy atom. The van der Waals surface area contributed by atoms with Crippen LogP contribution in [0.1, 0.15) is 58.6 Å². The predicted molar refractivity (Wildman–Crippen MR) is 89.1 cm³/mol. The standard InChI is InChI=1S/C17H24O.C2H6/c1-5-14(4)16(12-17(18)6-2)11-15-9-7-8-13(3)10-15;1-2/h7-10,12,14H,5-6,11H2,1-4H3;1-2H3/b16-12-;. The van der Waals surface area contributed by atoms with Crippen LogP contribution in [-0.2, 0) is 11.2 Å². The summed E-state index contributed by atoms with van der Waals surface area (Å²) in [7, 11) is 0. The molecule has 1 aromatic rings. The molecule has 0 saturated carbocycles. The minimum atomic E-state index is 0.234. The molecule has 0 saturated heterocycles. The van der Waals surface area contributed by atoms with Crippen molar-refractivity contribution in [1.29, 1.82) is 0 Å². The third kappa shape index (κ3) is 6.70. The maximum absolute atomic E-state index is 11.6. The van der Waals surface area contributed by atoms with Crippen LogP contribution in [0.25, 0.3) is 0 Å². The summed E-state index contributed by atoms with van der Waals surface area (Å²) in [4.78, 5) is 11.6. The predicted octanol–water partition coefficient (Wildman–Crippen LogP) is 5.52. The minimum Gasteiger partial charge on any atom is -0.295 e. The van der Waals surface area contributed by atoms with E-state index in [4.69, 9.17) is 0 Å². The Balaban J connectivity index is 0.00000172. The van der Waals surface area contributed by atoms with E-state index in [0.29, 0.717) is 12.3 Å². The molecule has 0 radical (unpaired) electrons. The monoisotopic (exact) mass is 274 g/mol. The summed E-state index contributed by atoms with van der Waals surface area (Å²) >= 11 is 0. The summed E-state index contributed by atoms with van der Waals surface area (Å²) < 4.78 is 0. The highest BCUT2D eigenvalue weighted by atomic mass is 16.1. The minimum absolute atomic E-state index is 0.234. The Morgan fingerprint density at radius 1 is 1.25 bits per heavy atom. The largest absolute Gasteiger partial charge is 0.295 e. The Labute approximate surface area is 125 Å². The van der Waals surface area contributed by atoms with Crippen molar-refractivity contribution in [2.75, 3.05) is 0 Å². The number of aryl methyl sites for hydroxylation is 1. The molecule has 0 fully saturated rings. The summed E-state index contributed by atoms with van der Waals surface area (Å²) in [6, 6.07) is 8.53. The Bertz CT molecular complexity index is 429. The molecule has 0 amide bonds. The molecule has 0 aliphatic carbocycles. The van der Waals surface area contributed by atoms with Crippen molar-refractivity contribution in [2.24, 2.45) is 5.92 Å². The molecule has 1 unspecified atom stereocenters. The summed E-state index contributed by atoms with van der Waals surface area (Å²) in [6.07, 6.45) is 4.42. The summed E-state index contributed by atoms with van der Waals surface area (Å²) in [5.74, 6) is 0.707. The zero-order valence-electron chi connectivity index (χ0n) is 14.0. The van der Waals surface area contributed by atoms with Gasteiger partial charge in [0.25, 0.3) is 0 Å². The van der Waals surface area contributed by atoms with Crippen LogP contribution >= 0.6 is 0 Å². The molecule has 1 aromatic carbocycles. The summed E-state index contributed by atoms with van der Waals surface area (Å²) in [5.41, 5.74) is 3.83. The van der Waals surface area contributed by atoms with E-state index in [9.17, 15) is 4.79 Å². The number of hydrogen-bond donors (Lipinski definition) is 0. The van der Waals surface area contributed by atoms with Crippen LogP contribution in [-0.4, -0.2) is 5.78 Å². The van der Waals surface area contributed by atoms with Gasteiger partial charge in [0.15, 0.2) is 5.78 Å². The lowest BCUT2D eigenvalue weighted by atomic mass is 9.91. The van der Waals surface area contributed by atoms with Gasteiger partial charge in [-0.1, -0.05) is 70.0 Å². The van der Waals surface area contributed by atoms with Crippen molar-refractivity contribution >= 4 is 5.78 Å². The van der Waals surface area contributed by atoms with E-state index in [1.807, 2.05) is 26.8 Å². The first-order valence-electron chi connectivity index (χ1n) is 7.85. The highest BCUT2D eigenvalue weighted by Crippen LogP contribution is 2.20. The van der Waals surface area contributed by atoms with Gasteiger partial charge in [-0.3, -0.25) is 4.79 Å². The molecule has 0 N–H and O–H groups in total. The van der Waals surface area contributed by atoms with Gasteiger partial charge in [0, 0.05) is 6.42 Å². The fourth-order valence-electron chi connectivity index (χ4n) is 2.00. The first-order valence-corrected chi connectivity index (χ1v) is 7.85. The smallest absolute Gasteiger partial charge is 0.155 e. The number of ketones is 1. The maximum Gasteiger partial charge on any atom is 0.155 e.